The Morgan fingerprint density at radius 2 is 1.38 bits per heavy atom. The molecule has 0 bridgehead atoms. The van der Waals surface area contributed by atoms with E-state index < -0.39 is 47.6 Å². The highest BCUT2D eigenvalue weighted by Crippen LogP contribution is 2.28. The lowest BCUT2D eigenvalue weighted by Gasteiger charge is -2.35. The third kappa shape index (κ3) is 16.2. The first-order valence-electron chi connectivity index (χ1n) is 21.3. The summed E-state index contributed by atoms with van der Waals surface area (Å²) in [6, 6.07) is 12.5. The van der Waals surface area contributed by atoms with Gasteiger partial charge in [0, 0.05) is 77.4 Å². The number of aryl methyl sites for hydroxylation is 1. The van der Waals surface area contributed by atoms with Crippen LogP contribution in [0.1, 0.15) is 45.2 Å². The van der Waals surface area contributed by atoms with Crippen LogP contribution in [0.3, 0.4) is 0 Å². The third-order valence-corrected chi connectivity index (χ3v) is 10.8. The first-order chi connectivity index (χ1) is 29.3. The highest BCUT2D eigenvalue weighted by molar-refractivity contribution is 5.90. The molecular weight excluding hydrogens is 787 g/mol. The Kier molecular flexibility index (Phi) is 20.3. The number of benzene rings is 2. The normalized spacial score (nSPS) is 16.9. The molecule has 2 aliphatic heterocycles. The molecule has 340 valence electrons. The number of nitrogens with zero attached hydrogens (tertiary/aromatic N) is 3. The van der Waals surface area contributed by atoms with E-state index in [1.165, 1.54) is 7.11 Å². The Balaban J connectivity index is 1.54. The minimum atomic E-state index is -2.27. The molecule has 2 saturated heterocycles. The fourth-order valence-electron chi connectivity index (χ4n) is 7.04. The lowest BCUT2D eigenvalue weighted by Crippen LogP contribution is -2.66. The zero-order chi connectivity index (χ0) is 44.2. The molecule has 0 saturated carbocycles. The van der Waals surface area contributed by atoms with Gasteiger partial charge in [0.25, 0.3) is 11.8 Å². The molecule has 0 aromatic heterocycles. The number of carbonyl (C=O) groups is 4. The van der Waals surface area contributed by atoms with Gasteiger partial charge in [-0.05, 0) is 42.0 Å². The van der Waals surface area contributed by atoms with Crippen LogP contribution in [0.15, 0.2) is 48.5 Å². The van der Waals surface area contributed by atoms with Gasteiger partial charge >= 0.3 is 12.1 Å². The molecule has 0 radical (unpaired) electrons. The van der Waals surface area contributed by atoms with Gasteiger partial charge in [0.1, 0.15) is 6.04 Å². The third-order valence-electron chi connectivity index (χ3n) is 10.8. The maximum atomic E-state index is 14.2. The van der Waals surface area contributed by atoms with Gasteiger partial charge in [0.05, 0.1) is 40.6 Å². The van der Waals surface area contributed by atoms with E-state index in [-0.39, 0.29) is 19.0 Å². The lowest BCUT2D eigenvalue weighted by atomic mass is 9.97. The fraction of sp³-hybridized carbons (Fsp3) is 0.628. The number of carbonyl (C=O) groups excluding carboxylic acids is 4. The molecule has 2 aromatic rings. The van der Waals surface area contributed by atoms with Crippen LogP contribution in [-0.2, 0) is 32.0 Å². The summed E-state index contributed by atoms with van der Waals surface area (Å²) in [6.07, 6.45) is 0.964. The predicted octanol–water partition coefficient (Wildman–Crippen LogP) is 1.29. The van der Waals surface area contributed by atoms with Crippen LogP contribution in [0, 0.1) is 11.8 Å². The summed E-state index contributed by atoms with van der Waals surface area (Å²) in [5.74, 6) is -1.23. The molecular formula is C43H69N9O9. The number of hydrogen-bond donors (Lipinski definition) is 7. The Labute approximate surface area is 360 Å². The summed E-state index contributed by atoms with van der Waals surface area (Å²) in [7, 11) is 3.08. The summed E-state index contributed by atoms with van der Waals surface area (Å²) in [5.41, 5.74) is 2.54. The number of nitrogens with one attached hydrogen (secondary N) is 6. The van der Waals surface area contributed by atoms with Gasteiger partial charge < -0.3 is 50.6 Å². The van der Waals surface area contributed by atoms with Crippen molar-refractivity contribution in [2.45, 2.75) is 64.9 Å². The van der Waals surface area contributed by atoms with Crippen molar-refractivity contribution in [3.63, 3.8) is 0 Å². The molecule has 7 N–H and O–H groups in total. The summed E-state index contributed by atoms with van der Waals surface area (Å²) < 4.78 is 21.8. The second kappa shape index (κ2) is 25.3. The van der Waals surface area contributed by atoms with Gasteiger partial charge in [0.2, 0.25) is 5.72 Å². The quantitative estimate of drug-likeness (QED) is 0.0624. The van der Waals surface area contributed by atoms with Crippen molar-refractivity contribution < 1.29 is 43.2 Å². The van der Waals surface area contributed by atoms with Gasteiger partial charge in [-0.25, -0.2) is 14.6 Å². The van der Waals surface area contributed by atoms with E-state index in [9.17, 15) is 24.3 Å². The van der Waals surface area contributed by atoms with Gasteiger partial charge in [-0.15, -0.1) is 0 Å². The average molecular weight is 856 g/mol. The number of hydrogen-bond acceptors (Lipinski definition) is 12. The first-order valence-corrected chi connectivity index (χ1v) is 21.3. The van der Waals surface area contributed by atoms with Crippen LogP contribution < -0.4 is 41.5 Å². The maximum Gasteiger partial charge on any atom is 0.317 e. The van der Waals surface area contributed by atoms with Crippen LogP contribution in [0.25, 0.3) is 0 Å². The topological polar surface area (TPSA) is 207 Å². The number of hydrazine groups is 1. The van der Waals surface area contributed by atoms with Crippen LogP contribution in [0.5, 0.6) is 11.5 Å². The molecule has 6 amide bonds. The molecule has 2 aliphatic rings. The fourth-order valence-corrected chi connectivity index (χ4v) is 7.04. The van der Waals surface area contributed by atoms with E-state index in [0.717, 1.165) is 37.3 Å². The summed E-state index contributed by atoms with van der Waals surface area (Å²) in [6.45, 7) is 14.9. The molecule has 0 spiro atoms. The van der Waals surface area contributed by atoms with Crippen molar-refractivity contribution >= 4 is 23.9 Å². The van der Waals surface area contributed by atoms with Crippen molar-refractivity contribution in [3.8, 4) is 11.5 Å². The minimum Gasteiger partial charge on any atom is -0.493 e. The SMILES string of the molecule is COc1ccc(CN(C[C@H](CCc2ccccc2)NC(=O)[C@@](O)(NC(=O)NCCN2CCOCC2)C(C)C)NC(=O)[C@@H](NC(=O)NCCN2CCOCC2)C(C)C)cc1OC. The van der Waals surface area contributed by atoms with Gasteiger partial charge in [-0.2, -0.15) is 0 Å². The number of urea groups is 2. The van der Waals surface area contributed by atoms with E-state index in [0.29, 0.717) is 76.9 Å². The second-order valence-electron chi connectivity index (χ2n) is 16.1. The Bertz CT molecular complexity index is 1660. The highest BCUT2D eigenvalue weighted by atomic mass is 16.5. The second-order valence-corrected chi connectivity index (χ2v) is 16.1. The Hall–Kier alpha value is -4.72. The maximum absolute atomic E-state index is 14.2. The van der Waals surface area contributed by atoms with Crippen LogP contribution in [-0.4, -0.2) is 161 Å². The van der Waals surface area contributed by atoms with Gasteiger partial charge in [-0.1, -0.05) is 64.1 Å². The molecule has 3 atom stereocenters. The van der Waals surface area contributed by atoms with Crippen molar-refractivity contribution in [3.05, 3.63) is 59.7 Å². The molecule has 18 heteroatoms. The van der Waals surface area contributed by atoms with Crippen LogP contribution in [0.4, 0.5) is 9.59 Å². The van der Waals surface area contributed by atoms with E-state index in [1.807, 2.05) is 50.2 Å². The number of aliphatic hydroxyl groups is 1. The Morgan fingerprint density at radius 1 is 0.787 bits per heavy atom. The van der Waals surface area contributed by atoms with E-state index in [4.69, 9.17) is 18.9 Å². The van der Waals surface area contributed by atoms with Crippen LogP contribution in [0.2, 0.25) is 0 Å². The number of morpholine rings is 2. The van der Waals surface area contributed by atoms with Crippen molar-refractivity contribution in [2.75, 3.05) is 99.5 Å². The summed E-state index contributed by atoms with van der Waals surface area (Å²) in [4.78, 5) is 58.9. The molecule has 4 rings (SSSR count). The first kappa shape index (κ1) is 48.9. The van der Waals surface area contributed by atoms with E-state index >= 15 is 0 Å². The lowest BCUT2D eigenvalue weighted by molar-refractivity contribution is -0.148. The predicted molar refractivity (Wildman–Crippen MR) is 231 cm³/mol. The van der Waals surface area contributed by atoms with Crippen molar-refractivity contribution in [2.24, 2.45) is 11.8 Å². The van der Waals surface area contributed by atoms with Crippen molar-refractivity contribution in [1.82, 2.24) is 46.8 Å². The minimum absolute atomic E-state index is 0.0785. The number of ether oxygens (including phenoxy) is 4. The molecule has 0 unspecified atom stereocenters. The molecule has 18 nitrogen and oxygen atoms in total. The number of methoxy groups -OCH3 is 2. The number of rotatable bonds is 23. The van der Waals surface area contributed by atoms with Crippen molar-refractivity contribution in [1.29, 1.82) is 0 Å². The number of amides is 6. The molecule has 2 heterocycles. The summed E-state index contributed by atoms with van der Waals surface area (Å²) >= 11 is 0. The largest absolute Gasteiger partial charge is 0.493 e. The van der Waals surface area contributed by atoms with Crippen LogP contribution >= 0.6 is 0 Å². The molecule has 2 aromatic carbocycles. The zero-order valence-electron chi connectivity index (χ0n) is 36.8. The standard InChI is InChI=1S/C43H69N9O9/c1-31(2)38(47-41(55)44-16-18-50-20-24-60-25-21-50)39(53)49-52(29-34-13-15-36(58-5)37(28-34)59-6)30-35(14-12-33-10-8-7-9-11-33)46-40(54)43(57,32(3)4)48-42(56)45-17-19-51-22-26-61-27-23-51/h7-11,13,15,28,31-32,35,38,57H,12,14,16-27,29-30H2,1-6H3,(H,46,54)(H,49,53)(H2,44,47,55)(H2,45,48,56)/t35-,38-,43+/m0/s1. The smallest absolute Gasteiger partial charge is 0.317 e. The monoisotopic (exact) mass is 856 g/mol. The highest BCUT2D eigenvalue weighted by Gasteiger charge is 2.42. The zero-order valence-corrected chi connectivity index (χ0v) is 36.8. The van der Waals surface area contributed by atoms with E-state index in [1.54, 1.807) is 38.1 Å². The summed E-state index contributed by atoms with van der Waals surface area (Å²) in [5, 5.41) is 27.5. The molecule has 61 heavy (non-hydrogen) atoms. The van der Waals surface area contributed by atoms with Gasteiger partial charge in [0.15, 0.2) is 11.5 Å². The Morgan fingerprint density at radius 3 is 1.93 bits per heavy atom. The van der Waals surface area contributed by atoms with Gasteiger partial charge in [-0.3, -0.25) is 24.8 Å². The molecule has 2 fully saturated rings. The molecule has 0 aliphatic carbocycles. The van der Waals surface area contributed by atoms with E-state index in [2.05, 4.69) is 41.8 Å². The average Bonchev–Trinajstić information content (AvgIpc) is 3.25.